The fourth-order valence-corrected chi connectivity index (χ4v) is 12.2. The zero-order chi connectivity index (χ0) is 25.2. The molecule has 1 saturated heterocycles. The van der Waals surface area contributed by atoms with E-state index in [2.05, 4.69) is 34.6 Å². The standard InChI is InChI=1S/C30H48O5/c1-18(31)34-22-8-7-12-29-17-30(29)15-14-26(4)24(28(6)13-11-23(33)35-28)19(32)16-27(26,5)21(30)10-9-20(29)25(22,2)3/h19-24,32-33H,7-17H2,1-6H3/t19?,20-,21?,22-,23?,24?,26?,27-,28?,29?,30?/m0/s1. The van der Waals surface area contributed by atoms with Gasteiger partial charge < -0.3 is 19.7 Å². The second kappa shape index (κ2) is 7.26. The van der Waals surface area contributed by atoms with E-state index in [0.717, 1.165) is 32.1 Å². The molecule has 8 unspecified atom stereocenters. The summed E-state index contributed by atoms with van der Waals surface area (Å²) in [6.45, 7) is 13.4. The van der Waals surface area contributed by atoms with Gasteiger partial charge in [-0.3, -0.25) is 4.79 Å². The second-order valence-electron chi connectivity index (χ2n) is 15.0. The Morgan fingerprint density at radius 2 is 1.54 bits per heavy atom. The van der Waals surface area contributed by atoms with Gasteiger partial charge in [-0.05, 0) is 105 Å². The van der Waals surface area contributed by atoms with Crippen LogP contribution < -0.4 is 0 Å². The van der Waals surface area contributed by atoms with Crippen LogP contribution in [0.15, 0.2) is 0 Å². The molecule has 0 aromatic heterocycles. The average molecular weight is 489 g/mol. The second-order valence-corrected chi connectivity index (χ2v) is 15.0. The summed E-state index contributed by atoms with van der Waals surface area (Å²) in [7, 11) is 0. The fourth-order valence-electron chi connectivity index (χ4n) is 12.2. The summed E-state index contributed by atoms with van der Waals surface area (Å²) in [5.74, 6) is 1.15. The highest BCUT2D eigenvalue weighted by molar-refractivity contribution is 5.66. The zero-order valence-corrected chi connectivity index (χ0v) is 22.9. The summed E-state index contributed by atoms with van der Waals surface area (Å²) in [4.78, 5) is 11.9. The van der Waals surface area contributed by atoms with Crippen molar-refractivity contribution in [2.75, 3.05) is 0 Å². The van der Waals surface area contributed by atoms with Crippen molar-refractivity contribution in [1.82, 2.24) is 0 Å². The highest BCUT2D eigenvalue weighted by Gasteiger charge is 2.83. The van der Waals surface area contributed by atoms with E-state index < -0.39 is 11.9 Å². The Bertz CT molecular complexity index is 916. The summed E-state index contributed by atoms with van der Waals surface area (Å²) < 4.78 is 12.1. The number of hydrogen-bond donors (Lipinski definition) is 2. The first-order chi connectivity index (χ1) is 16.3. The van der Waals surface area contributed by atoms with Crippen molar-refractivity contribution in [1.29, 1.82) is 0 Å². The lowest BCUT2D eigenvalue weighted by Crippen LogP contribution is -2.58. The highest BCUT2D eigenvalue weighted by atomic mass is 16.6. The molecule has 198 valence electrons. The van der Waals surface area contributed by atoms with E-state index in [9.17, 15) is 15.0 Å². The number of hydrogen-bond acceptors (Lipinski definition) is 5. The van der Waals surface area contributed by atoms with E-state index in [0.29, 0.717) is 29.1 Å². The predicted molar refractivity (Wildman–Crippen MR) is 133 cm³/mol. The molecule has 6 rings (SSSR count). The first kappa shape index (κ1) is 24.7. The van der Waals surface area contributed by atoms with Gasteiger partial charge in [-0.2, -0.15) is 0 Å². The van der Waals surface area contributed by atoms with Crippen molar-refractivity contribution in [2.24, 2.45) is 44.8 Å². The monoisotopic (exact) mass is 488 g/mol. The molecular weight excluding hydrogens is 440 g/mol. The van der Waals surface area contributed by atoms with Gasteiger partial charge in [0.25, 0.3) is 0 Å². The minimum absolute atomic E-state index is 0.00266. The quantitative estimate of drug-likeness (QED) is 0.495. The molecular formula is C30H48O5. The lowest BCUT2D eigenvalue weighted by atomic mass is 9.42. The number of rotatable bonds is 2. The minimum Gasteiger partial charge on any atom is -0.462 e. The molecule has 35 heavy (non-hydrogen) atoms. The summed E-state index contributed by atoms with van der Waals surface area (Å²) in [6, 6.07) is 0. The van der Waals surface area contributed by atoms with Crippen LogP contribution in [0.25, 0.3) is 0 Å². The summed E-state index contributed by atoms with van der Waals surface area (Å²) in [5.41, 5.74) is 0.380. The molecule has 2 N–H and O–H groups in total. The molecule has 6 aliphatic rings. The smallest absolute Gasteiger partial charge is 0.302 e. The van der Waals surface area contributed by atoms with Gasteiger partial charge in [0.1, 0.15) is 6.10 Å². The number of carbonyl (C=O) groups excluding carboxylic acids is 1. The van der Waals surface area contributed by atoms with Crippen molar-refractivity contribution >= 4 is 5.97 Å². The van der Waals surface area contributed by atoms with Crippen LogP contribution in [0.3, 0.4) is 0 Å². The molecule has 0 bridgehead atoms. The van der Waals surface area contributed by atoms with Crippen LogP contribution in [0.4, 0.5) is 0 Å². The molecule has 5 aliphatic carbocycles. The number of fused-ring (bicyclic) bond motifs is 2. The molecule has 6 fully saturated rings. The van der Waals surface area contributed by atoms with Crippen LogP contribution >= 0.6 is 0 Å². The normalized spacial score (nSPS) is 58.4. The number of ether oxygens (including phenoxy) is 2. The Hall–Kier alpha value is -0.650. The average Bonchev–Trinajstić information content (AvgIpc) is 3.24. The predicted octanol–water partition coefficient (Wildman–Crippen LogP) is 5.61. The Labute approximate surface area is 211 Å². The van der Waals surface area contributed by atoms with Gasteiger partial charge in [0.2, 0.25) is 0 Å². The summed E-state index contributed by atoms with van der Waals surface area (Å²) >= 11 is 0. The van der Waals surface area contributed by atoms with Crippen LogP contribution in [0, 0.1) is 44.8 Å². The fraction of sp³-hybridized carbons (Fsp3) is 0.967. The van der Waals surface area contributed by atoms with Gasteiger partial charge in [-0.15, -0.1) is 0 Å². The summed E-state index contributed by atoms with van der Waals surface area (Å²) in [5, 5.41) is 21.9. The Balaban J connectivity index is 1.35. The van der Waals surface area contributed by atoms with Crippen molar-refractivity contribution in [3.05, 3.63) is 0 Å². The van der Waals surface area contributed by atoms with Gasteiger partial charge in [0, 0.05) is 24.7 Å². The SMILES string of the molecule is CC(=O)O[C@H]1CCCC23CC24CCC2(C)C(C5(C)CCC(O)O5)C(O)C[C@@]2(C)C4CC[C@H]3C1(C)C. The highest BCUT2D eigenvalue weighted by Crippen LogP contribution is 2.88. The topological polar surface area (TPSA) is 76.0 Å². The van der Waals surface area contributed by atoms with E-state index in [1.165, 1.54) is 32.1 Å². The van der Waals surface area contributed by atoms with Gasteiger partial charge in [0.15, 0.2) is 6.29 Å². The maximum Gasteiger partial charge on any atom is 0.302 e. The lowest BCUT2D eigenvalue weighted by Gasteiger charge is -2.62. The van der Waals surface area contributed by atoms with Gasteiger partial charge in [-0.1, -0.05) is 27.7 Å². The maximum absolute atomic E-state index is 11.9. The molecule has 1 aliphatic heterocycles. The number of esters is 1. The maximum atomic E-state index is 11.9. The summed E-state index contributed by atoms with van der Waals surface area (Å²) in [6.07, 6.45) is 10.8. The molecule has 5 saturated carbocycles. The molecule has 0 amide bonds. The van der Waals surface area contributed by atoms with Crippen LogP contribution in [0.2, 0.25) is 0 Å². The van der Waals surface area contributed by atoms with E-state index in [-0.39, 0.29) is 40.3 Å². The van der Waals surface area contributed by atoms with Crippen LogP contribution in [0.5, 0.6) is 0 Å². The molecule has 2 spiro atoms. The molecule has 0 aromatic rings. The Morgan fingerprint density at radius 1 is 0.857 bits per heavy atom. The first-order valence-corrected chi connectivity index (χ1v) is 14.5. The van der Waals surface area contributed by atoms with Crippen molar-refractivity contribution in [3.63, 3.8) is 0 Å². The third kappa shape index (κ3) is 2.90. The molecule has 1 heterocycles. The number of aliphatic hydroxyl groups excluding tert-OH is 2. The van der Waals surface area contributed by atoms with Crippen LogP contribution in [-0.4, -0.2) is 40.3 Å². The Kier molecular flexibility index (Phi) is 5.12. The third-order valence-corrected chi connectivity index (χ3v) is 13.5. The van der Waals surface area contributed by atoms with Crippen LogP contribution in [0.1, 0.15) is 112 Å². The van der Waals surface area contributed by atoms with Crippen LogP contribution in [-0.2, 0) is 14.3 Å². The van der Waals surface area contributed by atoms with Crippen molar-refractivity contribution in [3.8, 4) is 0 Å². The van der Waals surface area contributed by atoms with E-state index >= 15 is 0 Å². The Morgan fingerprint density at radius 3 is 2.20 bits per heavy atom. The van der Waals surface area contributed by atoms with Gasteiger partial charge in [-0.25, -0.2) is 0 Å². The van der Waals surface area contributed by atoms with E-state index in [4.69, 9.17) is 9.47 Å². The zero-order valence-electron chi connectivity index (χ0n) is 22.9. The van der Waals surface area contributed by atoms with Gasteiger partial charge in [0.05, 0.1) is 11.7 Å². The van der Waals surface area contributed by atoms with Crippen molar-refractivity contribution in [2.45, 2.75) is 136 Å². The molecule has 5 heteroatoms. The van der Waals surface area contributed by atoms with E-state index in [1.54, 1.807) is 6.92 Å². The minimum atomic E-state index is -0.696. The number of aliphatic hydroxyl groups is 2. The number of carbonyl (C=O) groups is 1. The molecule has 0 radical (unpaired) electrons. The largest absolute Gasteiger partial charge is 0.462 e. The van der Waals surface area contributed by atoms with E-state index in [1.807, 2.05) is 0 Å². The first-order valence-electron chi connectivity index (χ1n) is 14.5. The molecule has 5 nitrogen and oxygen atoms in total. The lowest BCUT2D eigenvalue weighted by molar-refractivity contribution is -0.201. The van der Waals surface area contributed by atoms with Gasteiger partial charge >= 0.3 is 5.97 Å². The van der Waals surface area contributed by atoms with Crippen molar-refractivity contribution < 1.29 is 24.5 Å². The molecule has 11 atom stereocenters. The third-order valence-electron chi connectivity index (χ3n) is 13.5. The molecule has 0 aromatic carbocycles.